The van der Waals surface area contributed by atoms with Crippen LogP contribution < -0.4 is 0 Å². The van der Waals surface area contributed by atoms with Gasteiger partial charge in [-0.3, -0.25) is 4.79 Å². The molecule has 25 heavy (non-hydrogen) atoms. The van der Waals surface area contributed by atoms with Crippen LogP contribution in [0, 0.1) is 0 Å². The number of nitrogens with zero attached hydrogens (tertiary/aromatic N) is 3. The predicted octanol–water partition coefficient (Wildman–Crippen LogP) is 4.37. The summed E-state index contributed by atoms with van der Waals surface area (Å²) in [6.45, 7) is 2.52. The number of imidazole rings is 1. The standard InChI is InChI=1S/C19H20ClN3OS/c1-13(18(24)22(2)12-14-7-5-4-6-8-14)25-19-21-16-11-15(20)9-10-17(16)23(19)3/h4-11,13H,12H2,1-3H3. The van der Waals surface area contributed by atoms with E-state index in [2.05, 4.69) is 4.98 Å². The lowest BCUT2D eigenvalue weighted by atomic mass is 10.2. The fourth-order valence-corrected chi connectivity index (χ4v) is 3.88. The highest BCUT2D eigenvalue weighted by Gasteiger charge is 2.21. The van der Waals surface area contributed by atoms with Gasteiger partial charge >= 0.3 is 0 Å². The molecule has 3 aromatic rings. The fourth-order valence-electron chi connectivity index (χ4n) is 2.71. The van der Waals surface area contributed by atoms with E-state index in [1.165, 1.54) is 11.8 Å². The molecule has 0 saturated heterocycles. The van der Waals surface area contributed by atoms with Crippen LogP contribution in [0.2, 0.25) is 5.02 Å². The lowest BCUT2D eigenvalue weighted by molar-refractivity contribution is -0.129. The lowest BCUT2D eigenvalue weighted by Gasteiger charge is -2.21. The third-order valence-electron chi connectivity index (χ3n) is 4.07. The molecule has 3 rings (SSSR count). The van der Waals surface area contributed by atoms with Crippen molar-refractivity contribution in [2.45, 2.75) is 23.9 Å². The molecule has 1 aromatic heterocycles. The molecular formula is C19H20ClN3OS. The minimum atomic E-state index is -0.223. The molecule has 0 radical (unpaired) electrons. The molecule has 4 nitrogen and oxygen atoms in total. The van der Waals surface area contributed by atoms with Crippen molar-refractivity contribution in [2.24, 2.45) is 7.05 Å². The number of aromatic nitrogens is 2. The average molecular weight is 374 g/mol. The number of aryl methyl sites for hydroxylation is 1. The number of fused-ring (bicyclic) bond motifs is 1. The van der Waals surface area contributed by atoms with Gasteiger partial charge in [0, 0.05) is 25.7 Å². The first-order valence-electron chi connectivity index (χ1n) is 8.03. The highest BCUT2D eigenvalue weighted by molar-refractivity contribution is 8.00. The topological polar surface area (TPSA) is 38.1 Å². The van der Waals surface area contributed by atoms with Crippen LogP contribution in [0.4, 0.5) is 0 Å². The highest BCUT2D eigenvalue weighted by Crippen LogP contribution is 2.28. The van der Waals surface area contributed by atoms with Crippen LogP contribution in [-0.4, -0.2) is 32.7 Å². The summed E-state index contributed by atoms with van der Waals surface area (Å²) in [5.41, 5.74) is 2.96. The summed E-state index contributed by atoms with van der Waals surface area (Å²) in [5.74, 6) is 0.0824. The first kappa shape index (κ1) is 17.8. The van der Waals surface area contributed by atoms with Gasteiger partial charge in [-0.05, 0) is 30.7 Å². The Morgan fingerprint density at radius 2 is 2.00 bits per heavy atom. The van der Waals surface area contributed by atoms with E-state index >= 15 is 0 Å². The largest absolute Gasteiger partial charge is 0.340 e. The van der Waals surface area contributed by atoms with Crippen molar-refractivity contribution in [3.63, 3.8) is 0 Å². The molecule has 0 saturated carbocycles. The van der Waals surface area contributed by atoms with E-state index in [0.29, 0.717) is 11.6 Å². The normalized spacial score (nSPS) is 12.3. The number of hydrogen-bond donors (Lipinski definition) is 0. The van der Waals surface area contributed by atoms with Gasteiger partial charge < -0.3 is 9.47 Å². The van der Waals surface area contributed by atoms with Gasteiger partial charge in [0.1, 0.15) is 0 Å². The van der Waals surface area contributed by atoms with E-state index in [1.54, 1.807) is 4.90 Å². The van der Waals surface area contributed by atoms with Gasteiger partial charge in [0.2, 0.25) is 5.91 Å². The van der Waals surface area contributed by atoms with Crippen LogP contribution in [0.15, 0.2) is 53.7 Å². The lowest BCUT2D eigenvalue weighted by Crippen LogP contribution is -2.32. The number of carbonyl (C=O) groups is 1. The minimum Gasteiger partial charge on any atom is -0.340 e. The van der Waals surface area contributed by atoms with Crippen molar-refractivity contribution >= 4 is 40.3 Å². The number of amides is 1. The molecule has 0 aliphatic heterocycles. The zero-order valence-electron chi connectivity index (χ0n) is 14.4. The van der Waals surface area contributed by atoms with Gasteiger partial charge in [0.15, 0.2) is 5.16 Å². The molecule has 0 fully saturated rings. The van der Waals surface area contributed by atoms with Crippen LogP contribution in [0.25, 0.3) is 11.0 Å². The molecule has 130 valence electrons. The van der Waals surface area contributed by atoms with Crippen molar-refractivity contribution in [1.82, 2.24) is 14.5 Å². The van der Waals surface area contributed by atoms with Crippen LogP contribution in [-0.2, 0) is 18.4 Å². The molecule has 6 heteroatoms. The maximum absolute atomic E-state index is 12.7. The molecule has 1 amide bonds. The SMILES string of the molecule is CC(Sc1nc2cc(Cl)ccc2n1C)C(=O)N(C)Cc1ccccc1. The molecule has 1 heterocycles. The van der Waals surface area contributed by atoms with Crippen molar-refractivity contribution < 1.29 is 4.79 Å². The summed E-state index contributed by atoms with van der Waals surface area (Å²) >= 11 is 7.50. The second kappa shape index (κ2) is 7.50. The number of carbonyl (C=O) groups excluding carboxylic acids is 1. The summed E-state index contributed by atoms with van der Waals surface area (Å²) in [4.78, 5) is 19.0. The number of thioether (sulfide) groups is 1. The number of rotatable bonds is 5. The van der Waals surface area contributed by atoms with E-state index in [4.69, 9.17) is 11.6 Å². The summed E-state index contributed by atoms with van der Waals surface area (Å²) in [6.07, 6.45) is 0. The summed E-state index contributed by atoms with van der Waals surface area (Å²) in [6, 6.07) is 15.6. The van der Waals surface area contributed by atoms with E-state index in [0.717, 1.165) is 21.8 Å². The Morgan fingerprint density at radius 3 is 2.72 bits per heavy atom. The molecular weight excluding hydrogens is 354 g/mol. The first-order valence-corrected chi connectivity index (χ1v) is 9.29. The third kappa shape index (κ3) is 3.99. The smallest absolute Gasteiger partial charge is 0.235 e. The van der Waals surface area contributed by atoms with Crippen LogP contribution in [0.5, 0.6) is 0 Å². The van der Waals surface area contributed by atoms with Crippen molar-refractivity contribution in [3.8, 4) is 0 Å². The maximum Gasteiger partial charge on any atom is 0.235 e. The molecule has 1 atom stereocenters. The molecule has 0 bridgehead atoms. The molecule has 1 unspecified atom stereocenters. The predicted molar refractivity (Wildman–Crippen MR) is 104 cm³/mol. The zero-order valence-corrected chi connectivity index (χ0v) is 16.0. The zero-order chi connectivity index (χ0) is 18.0. The van der Waals surface area contributed by atoms with Crippen molar-refractivity contribution in [2.75, 3.05) is 7.05 Å². The van der Waals surface area contributed by atoms with Gasteiger partial charge in [-0.25, -0.2) is 4.98 Å². The Balaban J connectivity index is 1.72. The number of hydrogen-bond acceptors (Lipinski definition) is 3. The van der Waals surface area contributed by atoms with Gasteiger partial charge in [-0.2, -0.15) is 0 Å². The monoisotopic (exact) mass is 373 g/mol. The second-order valence-electron chi connectivity index (χ2n) is 6.03. The van der Waals surface area contributed by atoms with E-state index < -0.39 is 0 Å². The van der Waals surface area contributed by atoms with Crippen molar-refractivity contribution in [1.29, 1.82) is 0 Å². The van der Waals surface area contributed by atoms with Gasteiger partial charge in [-0.1, -0.05) is 53.7 Å². The quantitative estimate of drug-likeness (QED) is 0.623. The Hall–Kier alpha value is -1.98. The molecule has 0 spiro atoms. The van der Waals surface area contributed by atoms with Crippen LogP contribution in [0.3, 0.4) is 0 Å². The summed E-state index contributed by atoms with van der Waals surface area (Å²) in [7, 11) is 3.79. The van der Waals surface area contributed by atoms with Gasteiger partial charge in [0.25, 0.3) is 0 Å². The Bertz CT molecular complexity index is 894. The third-order valence-corrected chi connectivity index (χ3v) is 5.44. The van der Waals surface area contributed by atoms with Gasteiger partial charge in [-0.15, -0.1) is 0 Å². The molecule has 0 N–H and O–H groups in total. The fraction of sp³-hybridized carbons (Fsp3) is 0.263. The van der Waals surface area contributed by atoms with Crippen LogP contribution in [0.1, 0.15) is 12.5 Å². The first-order chi connectivity index (χ1) is 12.0. The minimum absolute atomic E-state index is 0.0824. The Labute approximate surface area is 156 Å². The summed E-state index contributed by atoms with van der Waals surface area (Å²) in [5, 5.41) is 1.25. The van der Waals surface area contributed by atoms with E-state index in [1.807, 2.05) is 74.1 Å². The van der Waals surface area contributed by atoms with Gasteiger partial charge in [0.05, 0.1) is 16.3 Å². The van der Waals surface area contributed by atoms with E-state index in [-0.39, 0.29) is 11.2 Å². The molecule has 2 aromatic carbocycles. The van der Waals surface area contributed by atoms with Crippen LogP contribution >= 0.6 is 23.4 Å². The maximum atomic E-state index is 12.7. The van der Waals surface area contributed by atoms with Crippen molar-refractivity contribution in [3.05, 3.63) is 59.1 Å². The Kier molecular flexibility index (Phi) is 5.35. The summed E-state index contributed by atoms with van der Waals surface area (Å²) < 4.78 is 2.00. The second-order valence-corrected chi connectivity index (χ2v) is 7.77. The molecule has 0 aliphatic carbocycles. The Morgan fingerprint density at radius 1 is 1.28 bits per heavy atom. The highest BCUT2D eigenvalue weighted by atomic mass is 35.5. The number of halogens is 1. The van der Waals surface area contributed by atoms with E-state index in [9.17, 15) is 4.79 Å². The average Bonchev–Trinajstić information content (AvgIpc) is 2.90. The molecule has 0 aliphatic rings. The number of benzene rings is 2.